The standard InChI is InChI=1S/C12H10F3N3O/c13-12(14,15)18-7-9(11(16)19)10(17-18)6-8-4-2-1-3-5-8/h1-5,7H,6H2,(H2,16,19). The third-order valence-electron chi connectivity index (χ3n) is 2.53. The number of amides is 1. The molecule has 0 aliphatic carbocycles. The van der Waals surface area contributed by atoms with E-state index in [0.717, 1.165) is 5.56 Å². The second-order valence-electron chi connectivity index (χ2n) is 3.93. The minimum absolute atomic E-state index is 0.0102. The maximum absolute atomic E-state index is 12.5. The van der Waals surface area contributed by atoms with Gasteiger partial charge in [-0.25, -0.2) is 0 Å². The van der Waals surface area contributed by atoms with Gasteiger partial charge in [0.15, 0.2) is 0 Å². The van der Waals surface area contributed by atoms with Gasteiger partial charge in [0.25, 0.3) is 5.91 Å². The molecule has 0 aliphatic heterocycles. The minimum atomic E-state index is -4.67. The predicted octanol–water partition coefficient (Wildman–Crippen LogP) is 2.05. The van der Waals surface area contributed by atoms with Gasteiger partial charge >= 0.3 is 6.30 Å². The van der Waals surface area contributed by atoms with Crippen LogP contribution in [0.5, 0.6) is 0 Å². The highest BCUT2D eigenvalue weighted by molar-refractivity contribution is 5.93. The van der Waals surface area contributed by atoms with Gasteiger partial charge in [0, 0.05) is 12.6 Å². The molecule has 2 rings (SSSR count). The molecule has 100 valence electrons. The van der Waals surface area contributed by atoms with E-state index in [4.69, 9.17) is 5.73 Å². The number of aromatic nitrogens is 2. The monoisotopic (exact) mass is 269 g/mol. The Morgan fingerprint density at radius 1 is 1.26 bits per heavy atom. The fraction of sp³-hybridized carbons (Fsp3) is 0.167. The van der Waals surface area contributed by atoms with E-state index in [2.05, 4.69) is 5.10 Å². The van der Waals surface area contributed by atoms with Crippen LogP contribution in [0.4, 0.5) is 13.2 Å². The van der Waals surface area contributed by atoms with E-state index in [9.17, 15) is 18.0 Å². The van der Waals surface area contributed by atoms with E-state index in [1.54, 1.807) is 30.3 Å². The van der Waals surface area contributed by atoms with Crippen LogP contribution in [-0.4, -0.2) is 15.7 Å². The molecule has 0 fully saturated rings. The molecular formula is C12H10F3N3O. The normalized spacial score (nSPS) is 11.5. The summed E-state index contributed by atoms with van der Waals surface area (Å²) in [4.78, 5) is 11.2. The SMILES string of the molecule is NC(=O)c1cn(C(F)(F)F)nc1Cc1ccccc1. The molecule has 0 saturated carbocycles. The van der Waals surface area contributed by atoms with Crippen molar-refractivity contribution in [3.8, 4) is 0 Å². The largest absolute Gasteiger partial charge is 0.504 e. The summed E-state index contributed by atoms with van der Waals surface area (Å²) in [5.74, 6) is -0.929. The summed E-state index contributed by atoms with van der Waals surface area (Å²) in [5.41, 5.74) is 5.60. The van der Waals surface area contributed by atoms with E-state index in [0.29, 0.717) is 6.20 Å². The van der Waals surface area contributed by atoms with Crippen molar-refractivity contribution in [2.45, 2.75) is 12.7 Å². The topological polar surface area (TPSA) is 60.9 Å². The molecule has 0 radical (unpaired) electrons. The summed E-state index contributed by atoms with van der Waals surface area (Å²) < 4.78 is 37.4. The van der Waals surface area contributed by atoms with Crippen LogP contribution < -0.4 is 5.73 Å². The van der Waals surface area contributed by atoms with Crippen molar-refractivity contribution in [1.29, 1.82) is 0 Å². The number of carbonyl (C=O) groups is 1. The van der Waals surface area contributed by atoms with Gasteiger partial charge in [0.1, 0.15) is 0 Å². The highest BCUT2D eigenvalue weighted by atomic mass is 19.4. The maximum atomic E-state index is 12.5. The maximum Gasteiger partial charge on any atom is 0.504 e. The molecule has 19 heavy (non-hydrogen) atoms. The zero-order chi connectivity index (χ0) is 14.0. The van der Waals surface area contributed by atoms with Crippen LogP contribution in [0.1, 0.15) is 21.6 Å². The van der Waals surface area contributed by atoms with Gasteiger partial charge in [0.05, 0.1) is 11.3 Å². The Balaban J connectivity index is 2.39. The molecule has 0 aliphatic rings. The van der Waals surface area contributed by atoms with Gasteiger partial charge in [-0.15, -0.1) is 13.2 Å². The first-order valence-corrected chi connectivity index (χ1v) is 5.37. The first kappa shape index (κ1) is 13.1. The van der Waals surface area contributed by atoms with Gasteiger partial charge in [-0.1, -0.05) is 30.3 Å². The number of rotatable bonds is 3. The molecule has 2 N–H and O–H groups in total. The summed E-state index contributed by atoms with van der Waals surface area (Å²) in [6.45, 7) is 0. The van der Waals surface area contributed by atoms with Crippen molar-refractivity contribution < 1.29 is 18.0 Å². The van der Waals surface area contributed by atoms with Crippen molar-refractivity contribution in [3.05, 3.63) is 53.3 Å². The Hall–Kier alpha value is -2.31. The Labute approximate surface area is 106 Å². The van der Waals surface area contributed by atoms with Crippen LogP contribution >= 0.6 is 0 Å². The Bertz CT molecular complexity index is 590. The van der Waals surface area contributed by atoms with Crippen LogP contribution in [0.15, 0.2) is 36.5 Å². The second kappa shape index (κ2) is 4.75. The van der Waals surface area contributed by atoms with E-state index in [1.165, 1.54) is 0 Å². The summed E-state index contributed by atoms with van der Waals surface area (Å²) >= 11 is 0. The Morgan fingerprint density at radius 2 is 1.89 bits per heavy atom. The number of primary amides is 1. The van der Waals surface area contributed by atoms with Crippen molar-refractivity contribution in [3.63, 3.8) is 0 Å². The molecule has 0 atom stereocenters. The molecule has 0 spiro atoms. The second-order valence-corrected chi connectivity index (χ2v) is 3.93. The van der Waals surface area contributed by atoms with Crippen molar-refractivity contribution in [2.75, 3.05) is 0 Å². The Morgan fingerprint density at radius 3 is 2.42 bits per heavy atom. The van der Waals surface area contributed by atoms with Crippen LogP contribution in [0.2, 0.25) is 0 Å². The molecule has 1 aromatic carbocycles. The van der Waals surface area contributed by atoms with E-state index < -0.39 is 12.2 Å². The number of alkyl halides is 3. The number of halogens is 3. The molecule has 0 unspecified atom stereocenters. The lowest BCUT2D eigenvalue weighted by atomic mass is 10.1. The first-order chi connectivity index (χ1) is 8.88. The lowest BCUT2D eigenvalue weighted by Crippen LogP contribution is -2.17. The highest BCUT2D eigenvalue weighted by Crippen LogP contribution is 2.23. The summed E-state index contributed by atoms with van der Waals surface area (Å²) in [5, 5.41) is 3.39. The van der Waals surface area contributed by atoms with E-state index in [-0.39, 0.29) is 22.4 Å². The van der Waals surface area contributed by atoms with Gasteiger partial charge in [-0.2, -0.15) is 9.78 Å². The number of nitrogens with zero attached hydrogens (tertiary/aromatic N) is 2. The quantitative estimate of drug-likeness (QED) is 0.927. The molecule has 0 saturated heterocycles. The molecule has 4 nitrogen and oxygen atoms in total. The van der Waals surface area contributed by atoms with Crippen molar-refractivity contribution in [2.24, 2.45) is 5.73 Å². The number of hydrogen-bond acceptors (Lipinski definition) is 2. The van der Waals surface area contributed by atoms with Gasteiger partial charge in [0.2, 0.25) is 0 Å². The minimum Gasteiger partial charge on any atom is -0.365 e. The zero-order valence-electron chi connectivity index (χ0n) is 9.69. The first-order valence-electron chi connectivity index (χ1n) is 5.37. The molecule has 1 heterocycles. The van der Waals surface area contributed by atoms with Crippen LogP contribution in [0.25, 0.3) is 0 Å². The summed E-state index contributed by atoms with van der Waals surface area (Å²) in [7, 11) is 0. The predicted molar refractivity (Wildman–Crippen MR) is 61.3 cm³/mol. The fourth-order valence-corrected chi connectivity index (χ4v) is 1.67. The number of nitrogens with two attached hydrogens (primary N) is 1. The molecular weight excluding hydrogens is 259 g/mol. The molecule has 0 bridgehead atoms. The molecule has 2 aromatic rings. The smallest absolute Gasteiger partial charge is 0.365 e. The highest BCUT2D eigenvalue weighted by Gasteiger charge is 2.33. The zero-order valence-corrected chi connectivity index (χ0v) is 9.69. The Kier molecular flexibility index (Phi) is 3.28. The summed E-state index contributed by atoms with van der Waals surface area (Å²) in [6, 6.07) is 8.75. The molecule has 1 amide bonds. The van der Waals surface area contributed by atoms with Gasteiger partial charge in [-0.05, 0) is 5.56 Å². The lowest BCUT2D eigenvalue weighted by Gasteiger charge is -2.04. The third kappa shape index (κ3) is 2.93. The fourth-order valence-electron chi connectivity index (χ4n) is 1.67. The van der Waals surface area contributed by atoms with Gasteiger partial charge in [-0.3, -0.25) is 4.79 Å². The molecule has 7 heteroatoms. The van der Waals surface area contributed by atoms with Crippen LogP contribution in [-0.2, 0) is 12.7 Å². The van der Waals surface area contributed by atoms with E-state index >= 15 is 0 Å². The van der Waals surface area contributed by atoms with Crippen molar-refractivity contribution in [1.82, 2.24) is 9.78 Å². The number of benzene rings is 1. The third-order valence-corrected chi connectivity index (χ3v) is 2.53. The number of carbonyl (C=O) groups excluding carboxylic acids is 1. The van der Waals surface area contributed by atoms with E-state index in [1.807, 2.05) is 0 Å². The van der Waals surface area contributed by atoms with Crippen LogP contribution in [0, 0.1) is 0 Å². The summed E-state index contributed by atoms with van der Waals surface area (Å²) in [6.07, 6.45) is -3.94. The average molecular weight is 269 g/mol. The van der Waals surface area contributed by atoms with Crippen LogP contribution in [0.3, 0.4) is 0 Å². The van der Waals surface area contributed by atoms with Gasteiger partial charge < -0.3 is 5.73 Å². The molecule has 1 aromatic heterocycles. The van der Waals surface area contributed by atoms with Crippen molar-refractivity contribution >= 4 is 5.91 Å². The lowest BCUT2D eigenvalue weighted by molar-refractivity contribution is -0.212. The number of hydrogen-bond donors (Lipinski definition) is 1. The average Bonchev–Trinajstić information content (AvgIpc) is 2.74.